The third-order valence-electron chi connectivity index (χ3n) is 3.17. The number of benzene rings is 1. The summed E-state index contributed by atoms with van der Waals surface area (Å²) in [5, 5.41) is 19.5. The van der Waals surface area contributed by atoms with Crippen molar-refractivity contribution in [2.75, 3.05) is 5.73 Å². The average Bonchev–Trinajstić information content (AvgIpc) is 2.75. The predicted molar refractivity (Wildman–Crippen MR) is 76.1 cm³/mol. The highest BCUT2D eigenvalue weighted by atomic mass is 16.3. The monoisotopic (exact) mass is 264 g/mol. The van der Waals surface area contributed by atoms with Crippen LogP contribution in [0.25, 0.3) is 11.0 Å². The Hall–Kier alpha value is -3.00. The van der Waals surface area contributed by atoms with Crippen LogP contribution in [0, 0.1) is 11.3 Å². The minimum atomic E-state index is 0.0972. The van der Waals surface area contributed by atoms with Crippen molar-refractivity contribution in [2.45, 2.75) is 6.54 Å². The summed E-state index contributed by atoms with van der Waals surface area (Å²) in [5.74, 6) is 0.271. The van der Waals surface area contributed by atoms with E-state index >= 15 is 0 Å². The van der Waals surface area contributed by atoms with Gasteiger partial charge in [-0.1, -0.05) is 30.3 Å². The largest absolute Gasteiger partial charge is 0.506 e. The van der Waals surface area contributed by atoms with E-state index in [4.69, 9.17) is 11.0 Å². The van der Waals surface area contributed by atoms with E-state index < -0.39 is 0 Å². The fourth-order valence-electron chi connectivity index (χ4n) is 2.19. The lowest BCUT2D eigenvalue weighted by Gasteiger charge is -2.05. The number of fused-ring (bicyclic) bond motifs is 1. The van der Waals surface area contributed by atoms with Crippen LogP contribution in [0.4, 0.5) is 5.82 Å². The molecule has 0 aliphatic carbocycles. The Labute approximate surface area is 115 Å². The molecule has 3 aromatic rings. The predicted octanol–water partition coefficient (Wildman–Crippen LogP) is 2.24. The van der Waals surface area contributed by atoms with E-state index in [2.05, 4.69) is 4.98 Å². The van der Waals surface area contributed by atoms with Crippen LogP contribution in [0.3, 0.4) is 0 Å². The van der Waals surface area contributed by atoms with Crippen LogP contribution in [0.2, 0.25) is 0 Å². The number of nitriles is 1. The smallest absolute Gasteiger partial charge is 0.146 e. The van der Waals surface area contributed by atoms with Gasteiger partial charge < -0.3 is 15.4 Å². The number of nitrogens with two attached hydrogens (primary N) is 1. The fraction of sp³-hybridized carbons (Fsp3) is 0.0667. The second-order valence-corrected chi connectivity index (χ2v) is 4.53. The van der Waals surface area contributed by atoms with Gasteiger partial charge in [0.2, 0.25) is 0 Å². The molecule has 0 unspecified atom stereocenters. The molecule has 2 heterocycles. The van der Waals surface area contributed by atoms with E-state index in [0.29, 0.717) is 17.6 Å². The van der Waals surface area contributed by atoms with Crippen LogP contribution < -0.4 is 5.73 Å². The molecule has 0 bridgehead atoms. The number of aromatic nitrogens is 2. The van der Waals surface area contributed by atoms with Gasteiger partial charge >= 0.3 is 0 Å². The first-order chi connectivity index (χ1) is 9.69. The lowest BCUT2D eigenvalue weighted by atomic mass is 10.2. The van der Waals surface area contributed by atoms with Gasteiger partial charge in [0.25, 0.3) is 0 Å². The van der Waals surface area contributed by atoms with Gasteiger partial charge in [0, 0.05) is 12.7 Å². The van der Waals surface area contributed by atoms with E-state index in [1.54, 1.807) is 12.3 Å². The summed E-state index contributed by atoms with van der Waals surface area (Å²) in [5.41, 5.74) is 7.67. The van der Waals surface area contributed by atoms with Crippen LogP contribution in [-0.4, -0.2) is 14.7 Å². The molecule has 0 atom stereocenters. The average molecular weight is 264 g/mol. The lowest BCUT2D eigenvalue weighted by molar-refractivity contribution is 0.479. The Kier molecular flexibility index (Phi) is 2.77. The molecule has 5 nitrogen and oxygen atoms in total. The first kappa shape index (κ1) is 12.1. The highest BCUT2D eigenvalue weighted by molar-refractivity contribution is 5.86. The number of nitrogen functional groups attached to an aromatic ring is 1. The first-order valence-corrected chi connectivity index (χ1v) is 6.11. The van der Waals surface area contributed by atoms with E-state index in [0.717, 1.165) is 5.56 Å². The van der Waals surface area contributed by atoms with Crippen LogP contribution in [-0.2, 0) is 6.54 Å². The molecule has 2 aromatic heterocycles. The summed E-state index contributed by atoms with van der Waals surface area (Å²) in [6.07, 6.45) is 1.60. The van der Waals surface area contributed by atoms with Crippen molar-refractivity contribution >= 4 is 16.9 Å². The molecule has 3 N–H and O–H groups in total. The SMILES string of the molecule is N#Cc1cc2c(O)cn(Cc3ccccc3)c2nc1N. The summed E-state index contributed by atoms with van der Waals surface area (Å²) >= 11 is 0. The van der Waals surface area contributed by atoms with Gasteiger partial charge in [0.05, 0.1) is 10.9 Å². The van der Waals surface area contributed by atoms with Crippen LogP contribution in [0.15, 0.2) is 42.6 Å². The first-order valence-electron chi connectivity index (χ1n) is 6.11. The third kappa shape index (κ3) is 1.93. The Morgan fingerprint density at radius 1 is 1.30 bits per heavy atom. The van der Waals surface area contributed by atoms with Gasteiger partial charge in [-0.2, -0.15) is 5.26 Å². The maximum atomic E-state index is 9.97. The number of pyridine rings is 1. The van der Waals surface area contributed by atoms with E-state index in [-0.39, 0.29) is 17.1 Å². The van der Waals surface area contributed by atoms with Gasteiger partial charge in [-0.05, 0) is 11.6 Å². The molecule has 98 valence electrons. The van der Waals surface area contributed by atoms with Crippen molar-refractivity contribution in [3.63, 3.8) is 0 Å². The van der Waals surface area contributed by atoms with Crippen molar-refractivity contribution in [3.8, 4) is 11.8 Å². The number of rotatable bonds is 2. The molecule has 0 amide bonds. The number of aromatic hydroxyl groups is 1. The standard InChI is InChI=1S/C15H12N4O/c16-7-11-6-12-13(20)9-19(15(12)18-14(11)17)8-10-4-2-1-3-5-10/h1-6,9,20H,8H2,(H2,17,18). The quantitative estimate of drug-likeness (QED) is 0.743. The van der Waals surface area contributed by atoms with Gasteiger partial charge in [-0.3, -0.25) is 0 Å². The third-order valence-corrected chi connectivity index (χ3v) is 3.17. The molecule has 0 saturated carbocycles. The van der Waals surface area contributed by atoms with Crippen molar-refractivity contribution in [1.29, 1.82) is 5.26 Å². The highest BCUT2D eigenvalue weighted by Gasteiger charge is 2.12. The molecule has 0 spiro atoms. The van der Waals surface area contributed by atoms with E-state index in [1.165, 1.54) is 0 Å². The highest BCUT2D eigenvalue weighted by Crippen LogP contribution is 2.28. The topological polar surface area (TPSA) is 87.9 Å². The maximum absolute atomic E-state index is 9.97. The Morgan fingerprint density at radius 3 is 2.75 bits per heavy atom. The van der Waals surface area contributed by atoms with E-state index in [9.17, 15) is 5.11 Å². The zero-order valence-corrected chi connectivity index (χ0v) is 10.6. The molecule has 20 heavy (non-hydrogen) atoms. The van der Waals surface area contributed by atoms with Gasteiger partial charge in [-0.25, -0.2) is 4.98 Å². The number of anilines is 1. The summed E-state index contributed by atoms with van der Waals surface area (Å²) in [6.45, 7) is 0.580. The molecule has 0 aliphatic rings. The van der Waals surface area contributed by atoms with Crippen molar-refractivity contribution < 1.29 is 5.11 Å². The fourth-order valence-corrected chi connectivity index (χ4v) is 2.19. The Balaban J connectivity index is 2.13. The van der Waals surface area contributed by atoms with Crippen LogP contribution >= 0.6 is 0 Å². The number of hydrogen-bond acceptors (Lipinski definition) is 4. The molecular weight excluding hydrogens is 252 g/mol. The normalized spacial score (nSPS) is 10.6. The minimum absolute atomic E-state index is 0.0972. The molecule has 3 rings (SSSR count). The maximum Gasteiger partial charge on any atom is 0.146 e. The second-order valence-electron chi connectivity index (χ2n) is 4.53. The van der Waals surface area contributed by atoms with Gasteiger partial charge in [0.1, 0.15) is 23.3 Å². The number of nitrogens with zero attached hydrogens (tertiary/aromatic N) is 3. The molecule has 0 fully saturated rings. The minimum Gasteiger partial charge on any atom is -0.506 e. The van der Waals surface area contributed by atoms with Gasteiger partial charge in [0.15, 0.2) is 0 Å². The lowest BCUT2D eigenvalue weighted by Crippen LogP contribution is -2.01. The summed E-state index contributed by atoms with van der Waals surface area (Å²) < 4.78 is 1.82. The Morgan fingerprint density at radius 2 is 2.05 bits per heavy atom. The molecule has 0 radical (unpaired) electrons. The van der Waals surface area contributed by atoms with Crippen molar-refractivity contribution in [2.24, 2.45) is 0 Å². The molecular formula is C15H12N4O. The van der Waals surface area contributed by atoms with Crippen molar-refractivity contribution in [1.82, 2.24) is 9.55 Å². The van der Waals surface area contributed by atoms with Crippen LogP contribution in [0.5, 0.6) is 5.75 Å². The Bertz CT molecular complexity index is 815. The molecule has 5 heteroatoms. The van der Waals surface area contributed by atoms with Gasteiger partial charge in [-0.15, -0.1) is 0 Å². The van der Waals surface area contributed by atoms with Crippen molar-refractivity contribution in [3.05, 3.63) is 53.7 Å². The zero-order valence-electron chi connectivity index (χ0n) is 10.6. The molecule has 1 aromatic carbocycles. The van der Waals surface area contributed by atoms with Crippen LogP contribution in [0.1, 0.15) is 11.1 Å². The summed E-state index contributed by atoms with van der Waals surface area (Å²) in [4.78, 5) is 4.22. The second kappa shape index (κ2) is 4.59. The van der Waals surface area contributed by atoms with E-state index in [1.807, 2.05) is 41.0 Å². The zero-order chi connectivity index (χ0) is 14.1. The number of hydrogen-bond donors (Lipinski definition) is 2. The molecule has 0 aliphatic heterocycles. The molecule has 0 saturated heterocycles. The summed E-state index contributed by atoms with van der Waals surface area (Å²) in [7, 11) is 0. The summed E-state index contributed by atoms with van der Waals surface area (Å²) in [6, 6.07) is 13.4.